The second-order valence-electron chi connectivity index (χ2n) is 2.20. The fraction of sp³-hybridized carbons (Fsp3) is 0.667. The van der Waals surface area contributed by atoms with Crippen molar-refractivity contribution in [2.45, 2.75) is 25.6 Å². The van der Waals surface area contributed by atoms with Crippen LogP contribution in [-0.2, 0) is 14.3 Å². The van der Waals surface area contributed by atoms with Crippen LogP contribution >= 0.6 is 0 Å². The average Bonchev–Trinajstić information content (AvgIpc) is 1.85. The van der Waals surface area contributed by atoms with E-state index in [0.29, 0.717) is 19.3 Å². The van der Waals surface area contributed by atoms with Gasteiger partial charge in [0.1, 0.15) is 0 Å². The maximum Gasteiger partial charge on any atom is 0.508 e. The summed E-state index contributed by atoms with van der Waals surface area (Å²) < 4.78 is 8.79. The summed E-state index contributed by atoms with van der Waals surface area (Å²) in [5.74, 6) is -0.400. The predicted molar refractivity (Wildman–Crippen MR) is 32.8 cm³/mol. The summed E-state index contributed by atoms with van der Waals surface area (Å²) in [7, 11) is 0. The molecule has 0 saturated carbocycles. The van der Waals surface area contributed by atoms with Crippen molar-refractivity contribution in [1.82, 2.24) is 0 Å². The van der Waals surface area contributed by atoms with Gasteiger partial charge in [-0.15, -0.1) is 0 Å². The van der Waals surface area contributed by atoms with E-state index in [1.54, 1.807) is 0 Å². The molecule has 0 bridgehead atoms. The van der Waals surface area contributed by atoms with Crippen LogP contribution in [0.3, 0.4) is 0 Å². The molecule has 5 nitrogen and oxygen atoms in total. The van der Waals surface area contributed by atoms with Crippen molar-refractivity contribution < 1.29 is 24.2 Å². The Kier molecular flexibility index (Phi) is 2.30. The second-order valence-corrected chi connectivity index (χ2v) is 2.20. The lowest BCUT2D eigenvalue weighted by Gasteiger charge is -2.20. The van der Waals surface area contributed by atoms with Gasteiger partial charge in [-0.05, 0) is 6.42 Å². The average molecular weight is 160 g/mol. The molecule has 0 amide bonds. The Labute approximate surface area is 62.9 Å². The third-order valence-electron chi connectivity index (χ3n) is 1.32. The number of carbonyl (C=O) groups excluding carboxylic acids is 1. The van der Waals surface area contributed by atoms with Crippen molar-refractivity contribution in [2.75, 3.05) is 0 Å². The smallest absolute Gasteiger partial charge is 0.450 e. The fourth-order valence-corrected chi connectivity index (χ4v) is 0.873. The van der Waals surface area contributed by atoms with Crippen molar-refractivity contribution >= 4 is 12.1 Å². The van der Waals surface area contributed by atoms with E-state index in [1.165, 1.54) is 0 Å². The van der Waals surface area contributed by atoms with Gasteiger partial charge in [-0.25, -0.2) is 4.79 Å². The van der Waals surface area contributed by atoms with Gasteiger partial charge in [0.15, 0.2) is 0 Å². The number of carboxylic acid groups (broad SMARTS) is 1. The van der Waals surface area contributed by atoms with E-state index < -0.39 is 18.4 Å². The van der Waals surface area contributed by atoms with Gasteiger partial charge < -0.3 is 14.6 Å². The summed E-state index contributed by atoms with van der Waals surface area (Å²) in [5.41, 5.74) is 0. The molecule has 11 heavy (non-hydrogen) atoms. The van der Waals surface area contributed by atoms with Gasteiger partial charge in [0.25, 0.3) is 6.29 Å². The largest absolute Gasteiger partial charge is 0.508 e. The lowest BCUT2D eigenvalue weighted by atomic mass is 10.2. The van der Waals surface area contributed by atoms with E-state index >= 15 is 0 Å². The normalized spacial score (nSPS) is 24.0. The quantitative estimate of drug-likeness (QED) is 0.572. The maximum absolute atomic E-state index is 10.6. The second kappa shape index (κ2) is 3.23. The number of cyclic esters (lactones) is 1. The Bertz CT molecular complexity index is 174. The van der Waals surface area contributed by atoms with Crippen LogP contribution in [0, 0.1) is 0 Å². The zero-order valence-electron chi connectivity index (χ0n) is 5.78. The minimum absolute atomic E-state index is 0.347. The molecular formula is C6H8O5. The van der Waals surface area contributed by atoms with Crippen molar-refractivity contribution in [1.29, 1.82) is 0 Å². The molecule has 1 saturated heterocycles. The summed E-state index contributed by atoms with van der Waals surface area (Å²) in [4.78, 5) is 20.5. The standard InChI is InChI=1S/C6H8O5/c7-4-2-1-3-5(10-4)11-6(8)9/h5H,1-3H2,(H,8,9). The van der Waals surface area contributed by atoms with Crippen LogP contribution in [0.2, 0.25) is 0 Å². The molecule has 5 heteroatoms. The van der Waals surface area contributed by atoms with Crippen LogP contribution in [0.1, 0.15) is 19.3 Å². The minimum atomic E-state index is -1.41. The Morgan fingerprint density at radius 2 is 2.45 bits per heavy atom. The summed E-state index contributed by atoms with van der Waals surface area (Å²) in [6.07, 6.45) is -0.882. The van der Waals surface area contributed by atoms with Gasteiger partial charge in [0.2, 0.25) is 0 Å². The predicted octanol–water partition coefficient (Wildman–Crippen LogP) is 0.734. The van der Waals surface area contributed by atoms with E-state index in [4.69, 9.17) is 5.11 Å². The SMILES string of the molecule is O=C(O)OC1CCCC(=O)O1. The Hall–Kier alpha value is -1.26. The first-order chi connectivity index (χ1) is 5.18. The molecule has 0 aliphatic carbocycles. The Morgan fingerprint density at radius 1 is 1.73 bits per heavy atom. The topological polar surface area (TPSA) is 72.8 Å². The molecule has 0 aromatic rings. The number of rotatable bonds is 1. The molecule has 1 aliphatic rings. The van der Waals surface area contributed by atoms with Gasteiger partial charge >= 0.3 is 12.1 Å². The van der Waals surface area contributed by atoms with Crippen LogP contribution in [0.25, 0.3) is 0 Å². The Balaban J connectivity index is 2.34. The molecule has 1 heterocycles. The van der Waals surface area contributed by atoms with E-state index in [0.717, 1.165) is 0 Å². The highest BCUT2D eigenvalue weighted by Crippen LogP contribution is 2.14. The van der Waals surface area contributed by atoms with E-state index in [9.17, 15) is 9.59 Å². The molecule has 1 fully saturated rings. The zero-order chi connectivity index (χ0) is 8.27. The molecule has 1 N–H and O–H groups in total. The monoisotopic (exact) mass is 160 g/mol. The van der Waals surface area contributed by atoms with Crippen LogP contribution in [0.5, 0.6) is 0 Å². The third-order valence-corrected chi connectivity index (χ3v) is 1.32. The summed E-state index contributed by atoms with van der Waals surface area (Å²) in [6, 6.07) is 0. The van der Waals surface area contributed by atoms with E-state index in [1.807, 2.05) is 0 Å². The van der Waals surface area contributed by atoms with Crippen molar-refractivity contribution in [2.24, 2.45) is 0 Å². The third kappa shape index (κ3) is 2.45. The van der Waals surface area contributed by atoms with Crippen molar-refractivity contribution in [3.8, 4) is 0 Å². The van der Waals surface area contributed by atoms with Crippen LogP contribution < -0.4 is 0 Å². The molecule has 1 rings (SSSR count). The van der Waals surface area contributed by atoms with E-state index in [-0.39, 0.29) is 0 Å². The number of hydrogen-bond donors (Lipinski definition) is 1. The fourth-order valence-electron chi connectivity index (χ4n) is 0.873. The highest BCUT2D eigenvalue weighted by molar-refractivity contribution is 5.70. The molecule has 0 aromatic carbocycles. The first kappa shape index (κ1) is 7.84. The molecule has 0 radical (unpaired) electrons. The first-order valence-electron chi connectivity index (χ1n) is 3.27. The molecule has 1 unspecified atom stereocenters. The van der Waals surface area contributed by atoms with Gasteiger partial charge in [0, 0.05) is 12.8 Å². The lowest BCUT2D eigenvalue weighted by Crippen LogP contribution is -2.27. The molecular weight excluding hydrogens is 152 g/mol. The summed E-state index contributed by atoms with van der Waals surface area (Å²) >= 11 is 0. The number of carbonyl (C=O) groups is 2. The number of ether oxygens (including phenoxy) is 2. The number of hydrogen-bond acceptors (Lipinski definition) is 4. The van der Waals surface area contributed by atoms with Gasteiger partial charge in [-0.2, -0.15) is 0 Å². The van der Waals surface area contributed by atoms with Gasteiger partial charge in [-0.1, -0.05) is 0 Å². The van der Waals surface area contributed by atoms with Gasteiger partial charge in [0.05, 0.1) is 0 Å². The minimum Gasteiger partial charge on any atom is -0.450 e. The number of esters is 1. The van der Waals surface area contributed by atoms with Crippen LogP contribution in [0.15, 0.2) is 0 Å². The summed E-state index contributed by atoms with van der Waals surface area (Å²) in [5, 5.41) is 8.14. The van der Waals surface area contributed by atoms with Gasteiger partial charge in [-0.3, -0.25) is 4.79 Å². The van der Waals surface area contributed by atoms with Crippen LogP contribution in [0.4, 0.5) is 4.79 Å². The summed E-state index contributed by atoms with van der Waals surface area (Å²) in [6.45, 7) is 0. The molecule has 62 valence electrons. The highest BCUT2D eigenvalue weighted by atomic mass is 16.8. The maximum atomic E-state index is 10.6. The van der Waals surface area contributed by atoms with E-state index in [2.05, 4.69) is 9.47 Å². The molecule has 1 atom stereocenters. The van der Waals surface area contributed by atoms with Crippen molar-refractivity contribution in [3.63, 3.8) is 0 Å². The lowest BCUT2D eigenvalue weighted by molar-refractivity contribution is -0.178. The molecule has 0 aromatic heterocycles. The highest BCUT2D eigenvalue weighted by Gasteiger charge is 2.22. The Morgan fingerprint density at radius 3 is 3.00 bits per heavy atom. The van der Waals surface area contributed by atoms with Crippen molar-refractivity contribution in [3.05, 3.63) is 0 Å². The zero-order valence-corrected chi connectivity index (χ0v) is 5.78. The molecule has 0 spiro atoms. The first-order valence-corrected chi connectivity index (χ1v) is 3.27. The molecule has 1 aliphatic heterocycles. The van der Waals surface area contributed by atoms with Crippen LogP contribution in [-0.4, -0.2) is 23.5 Å².